The predicted octanol–water partition coefficient (Wildman–Crippen LogP) is 5.98. The number of halogens is 1. The lowest BCUT2D eigenvalue weighted by molar-refractivity contribution is 0.0697. The predicted molar refractivity (Wildman–Crippen MR) is 132 cm³/mol. The summed E-state index contributed by atoms with van der Waals surface area (Å²) >= 11 is 6.51. The highest BCUT2D eigenvalue weighted by Gasteiger charge is 2.14. The lowest BCUT2D eigenvalue weighted by Crippen LogP contribution is -2.12. The van der Waals surface area contributed by atoms with Crippen LogP contribution in [0.1, 0.15) is 10.4 Å². The molecule has 6 nitrogen and oxygen atoms in total. The fourth-order valence-electron chi connectivity index (χ4n) is 3.88. The van der Waals surface area contributed by atoms with Crippen molar-refractivity contribution in [2.75, 3.05) is 0 Å². The van der Waals surface area contributed by atoms with Gasteiger partial charge in [-0.2, -0.15) is 0 Å². The monoisotopic (exact) mass is 468 g/mol. The molecule has 5 aromatic rings. The maximum absolute atomic E-state index is 12.7. The lowest BCUT2D eigenvalue weighted by atomic mass is 9.98. The number of carboxylic acid groups (broad SMARTS) is 1. The summed E-state index contributed by atoms with van der Waals surface area (Å²) in [6, 6.07) is 24.3. The van der Waals surface area contributed by atoms with Gasteiger partial charge in [0.1, 0.15) is 11.4 Å². The first-order valence-electron chi connectivity index (χ1n) is 10.4. The third-order valence-electron chi connectivity index (χ3n) is 5.56. The SMILES string of the molecule is O=C(O)c1cccc(-c2nc3cc(-c4ccc(-c5ccccc5)c(O)c4)c(Cl)cc3[nH]c2=O)c1. The fraction of sp³-hybridized carbons (Fsp3) is 0. The molecule has 0 saturated carbocycles. The van der Waals surface area contributed by atoms with Crippen LogP contribution in [0.25, 0.3) is 44.5 Å². The number of phenols is 1. The summed E-state index contributed by atoms with van der Waals surface area (Å²) in [5, 5.41) is 20.3. The van der Waals surface area contributed by atoms with Gasteiger partial charge in [-0.1, -0.05) is 66.2 Å². The number of nitrogens with zero attached hydrogens (tertiary/aromatic N) is 1. The Balaban J connectivity index is 1.62. The molecule has 0 fully saturated rings. The molecule has 0 saturated heterocycles. The molecule has 3 N–H and O–H groups in total. The molecule has 4 aromatic carbocycles. The van der Waals surface area contributed by atoms with E-state index in [2.05, 4.69) is 9.97 Å². The minimum absolute atomic E-state index is 0.0598. The minimum atomic E-state index is -1.09. The van der Waals surface area contributed by atoms with Gasteiger partial charge in [-0.25, -0.2) is 9.78 Å². The summed E-state index contributed by atoms with van der Waals surface area (Å²) < 4.78 is 0. The van der Waals surface area contributed by atoms with Crippen LogP contribution in [0.15, 0.2) is 89.7 Å². The average Bonchev–Trinajstić information content (AvgIpc) is 2.84. The minimum Gasteiger partial charge on any atom is -0.507 e. The number of nitrogens with one attached hydrogen (secondary N) is 1. The fourth-order valence-corrected chi connectivity index (χ4v) is 4.16. The van der Waals surface area contributed by atoms with E-state index in [4.69, 9.17) is 11.6 Å². The molecule has 5 rings (SSSR count). The summed E-state index contributed by atoms with van der Waals surface area (Å²) in [6.07, 6.45) is 0. The van der Waals surface area contributed by atoms with Crippen molar-refractivity contribution in [3.8, 4) is 39.3 Å². The zero-order valence-electron chi connectivity index (χ0n) is 17.6. The number of carboxylic acids is 1. The highest BCUT2D eigenvalue weighted by Crippen LogP contribution is 2.37. The second kappa shape index (κ2) is 8.50. The van der Waals surface area contributed by atoms with E-state index in [1.54, 1.807) is 30.3 Å². The number of rotatable bonds is 4. The van der Waals surface area contributed by atoms with E-state index in [1.165, 1.54) is 12.1 Å². The van der Waals surface area contributed by atoms with E-state index >= 15 is 0 Å². The molecule has 0 amide bonds. The summed E-state index contributed by atoms with van der Waals surface area (Å²) in [5.41, 5.74) is 3.93. The number of hydrogen-bond acceptors (Lipinski definition) is 4. The largest absolute Gasteiger partial charge is 0.507 e. The van der Waals surface area contributed by atoms with Gasteiger partial charge in [-0.3, -0.25) is 4.79 Å². The van der Waals surface area contributed by atoms with Crippen molar-refractivity contribution in [3.05, 3.63) is 106 Å². The van der Waals surface area contributed by atoms with Gasteiger partial charge in [0, 0.05) is 16.7 Å². The first-order valence-corrected chi connectivity index (χ1v) is 10.7. The number of aromatic nitrogens is 2. The van der Waals surface area contributed by atoms with Gasteiger partial charge >= 0.3 is 5.97 Å². The van der Waals surface area contributed by atoms with Crippen molar-refractivity contribution in [1.82, 2.24) is 9.97 Å². The Morgan fingerprint density at radius 3 is 2.32 bits per heavy atom. The van der Waals surface area contributed by atoms with Crippen molar-refractivity contribution in [2.45, 2.75) is 0 Å². The first-order chi connectivity index (χ1) is 16.4. The second-order valence-electron chi connectivity index (χ2n) is 7.75. The summed E-state index contributed by atoms with van der Waals surface area (Å²) in [7, 11) is 0. The molecule has 0 radical (unpaired) electrons. The van der Waals surface area contributed by atoms with Crippen molar-refractivity contribution in [2.24, 2.45) is 0 Å². The maximum Gasteiger partial charge on any atom is 0.335 e. The summed E-state index contributed by atoms with van der Waals surface area (Å²) in [6.45, 7) is 0. The number of fused-ring (bicyclic) bond motifs is 1. The van der Waals surface area contributed by atoms with Crippen molar-refractivity contribution < 1.29 is 15.0 Å². The molecule has 0 spiro atoms. The smallest absolute Gasteiger partial charge is 0.335 e. The standard InChI is InChI=1S/C27H17ClN2O4/c28-21-14-23-22(29-25(26(32)30-23)17-7-4-8-18(11-17)27(33)34)13-20(21)16-9-10-19(24(31)12-16)15-5-2-1-3-6-15/h1-14,31H,(H,30,32)(H,33,34). The first kappa shape index (κ1) is 21.4. The molecule has 166 valence electrons. The Morgan fingerprint density at radius 2 is 1.59 bits per heavy atom. The number of carbonyl (C=O) groups is 1. The Kier molecular flexibility index (Phi) is 5.36. The Morgan fingerprint density at radius 1 is 0.824 bits per heavy atom. The van der Waals surface area contributed by atoms with Gasteiger partial charge in [-0.15, -0.1) is 0 Å². The van der Waals surface area contributed by atoms with Crippen molar-refractivity contribution >= 4 is 28.6 Å². The molecule has 1 aromatic heterocycles. The zero-order chi connectivity index (χ0) is 23.8. The van der Waals surface area contributed by atoms with E-state index < -0.39 is 11.5 Å². The van der Waals surface area contributed by atoms with E-state index in [1.807, 2.05) is 42.5 Å². The molecule has 0 aliphatic heterocycles. The summed E-state index contributed by atoms with van der Waals surface area (Å²) in [4.78, 5) is 31.2. The van der Waals surface area contributed by atoms with Crippen molar-refractivity contribution in [3.63, 3.8) is 0 Å². The quantitative estimate of drug-likeness (QED) is 0.301. The van der Waals surface area contributed by atoms with Crippen LogP contribution in [0.4, 0.5) is 0 Å². The van der Waals surface area contributed by atoms with Crippen LogP contribution in [-0.2, 0) is 0 Å². The molecule has 7 heteroatoms. The molecule has 0 bridgehead atoms. The maximum atomic E-state index is 12.7. The van der Waals surface area contributed by atoms with Crippen LogP contribution in [0.2, 0.25) is 5.02 Å². The normalized spacial score (nSPS) is 11.0. The molecular weight excluding hydrogens is 452 g/mol. The summed E-state index contributed by atoms with van der Waals surface area (Å²) in [5.74, 6) is -0.979. The van der Waals surface area contributed by atoms with Crippen molar-refractivity contribution in [1.29, 1.82) is 0 Å². The molecule has 0 unspecified atom stereocenters. The van der Waals surface area contributed by atoms with Gasteiger partial charge in [0.2, 0.25) is 0 Å². The van der Waals surface area contributed by atoms with Gasteiger partial charge < -0.3 is 15.2 Å². The molecular formula is C27H17ClN2O4. The highest BCUT2D eigenvalue weighted by atomic mass is 35.5. The number of phenolic OH excluding ortho intramolecular Hbond substituents is 1. The van der Waals surface area contributed by atoms with Crippen LogP contribution in [0, 0.1) is 0 Å². The van der Waals surface area contributed by atoms with Crippen LogP contribution in [0.3, 0.4) is 0 Å². The molecule has 1 heterocycles. The second-order valence-corrected chi connectivity index (χ2v) is 8.15. The molecule has 0 aliphatic carbocycles. The number of aromatic amines is 1. The van der Waals surface area contributed by atoms with Gasteiger partial charge in [-0.05, 0) is 41.5 Å². The Labute approximate surface area is 198 Å². The Bertz CT molecular complexity index is 1630. The zero-order valence-corrected chi connectivity index (χ0v) is 18.4. The average molecular weight is 469 g/mol. The third-order valence-corrected chi connectivity index (χ3v) is 5.87. The molecule has 0 atom stereocenters. The van der Waals surface area contributed by atoms with E-state index in [0.29, 0.717) is 38.3 Å². The van der Waals surface area contributed by atoms with Crippen LogP contribution in [0.5, 0.6) is 5.75 Å². The number of hydrogen-bond donors (Lipinski definition) is 3. The Hall–Kier alpha value is -4.42. The van der Waals surface area contributed by atoms with Gasteiger partial charge in [0.25, 0.3) is 5.56 Å². The highest BCUT2D eigenvalue weighted by molar-refractivity contribution is 6.34. The van der Waals surface area contributed by atoms with Crippen LogP contribution in [-0.4, -0.2) is 26.2 Å². The number of benzene rings is 4. The topological polar surface area (TPSA) is 103 Å². The van der Waals surface area contributed by atoms with E-state index in [9.17, 15) is 19.8 Å². The van der Waals surface area contributed by atoms with Crippen LogP contribution < -0.4 is 5.56 Å². The van der Waals surface area contributed by atoms with E-state index in [-0.39, 0.29) is 17.0 Å². The van der Waals surface area contributed by atoms with Gasteiger partial charge in [0.05, 0.1) is 21.6 Å². The number of H-pyrrole nitrogens is 1. The molecule has 34 heavy (non-hydrogen) atoms. The lowest BCUT2D eigenvalue weighted by Gasteiger charge is -2.11. The van der Waals surface area contributed by atoms with E-state index in [0.717, 1.165) is 5.56 Å². The molecule has 0 aliphatic rings. The third kappa shape index (κ3) is 3.91. The van der Waals surface area contributed by atoms with Gasteiger partial charge in [0.15, 0.2) is 0 Å². The number of aromatic hydroxyl groups is 1. The number of aromatic carboxylic acids is 1. The van der Waals surface area contributed by atoms with Crippen LogP contribution >= 0.6 is 11.6 Å².